The molecule has 116 valence electrons. The van der Waals surface area contributed by atoms with Gasteiger partial charge in [0.15, 0.2) is 5.69 Å². The Balaban J connectivity index is 2.80. The van der Waals surface area contributed by atoms with Gasteiger partial charge in [0.05, 0.1) is 12.3 Å². The minimum Gasteiger partial charge on any atom is -0.392 e. The van der Waals surface area contributed by atoms with E-state index in [1.165, 1.54) is 6.92 Å². The lowest BCUT2D eigenvalue weighted by atomic mass is 10.2. The first kappa shape index (κ1) is 17.2. The van der Waals surface area contributed by atoms with Crippen LogP contribution in [0.15, 0.2) is 0 Å². The summed E-state index contributed by atoms with van der Waals surface area (Å²) in [5.74, 6) is 0. The number of hydrogen-bond acceptors (Lipinski definition) is 3. The molecule has 0 aliphatic heterocycles. The van der Waals surface area contributed by atoms with E-state index in [1.54, 1.807) is 0 Å². The molecule has 0 atom stereocenters. The second-order valence-electron chi connectivity index (χ2n) is 5.92. The lowest BCUT2D eigenvalue weighted by Gasteiger charge is -2.16. The topological polar surface area (TPSA) is 47.3 Å². The summed E-state index contributed by atoms with van der Waals surface area (Å²) in [7, 11) is -1.28. The predicted molar refractivity (Wildman–Crippen MR) is 72.0 cm³/mol. The summed E-state index contributed by atoms with van der Waals surface area (Å²) >= 11 is 0. The number of aliphatic hydroxyl groups excluding tert-OH is 1. The summed E-state index contributed by atoms with van der Waals surface area (Å²) in [6, 6.07) is 0.876. The maximum absolute atomic E-state index is 13.0. The van der Waals surface area contributed by atoms with Gasteiger partial charge in [-0.05, 0) is 13.0 Å². The van der Waals surface area contributed by atoms with Gasteiger partial charge in [0.1, 0.15) is 6.73 Å². The van der Waals surface area contributed by atoms with Crippen LogP contribution in [0, 0.1) is 6.92 Å². The van der Waals surface area contributed by atoms with Gasteiger partial charge in [-0.1, -0.05) is 19.6 Å². The molecule has 0 aromatic carbocycles. The molecule has 1 aromatic heterocycles. The van der Waals surface area contributed by atoms with E-state index in [2.05, 4.69) is 24.7 Å². The molecule has 0 saturated heterocycles. The van der Waals surface area contributed by atoms with Gasteiger partial charge in [0.2, 0.25) is 0 Å². The zero-order valence-corrected chi connectivity index (χ0v) is 13.2. The largest absolute Gasteiger partial charge is 0.433 e. The van der Waals surface area contributed by atoms with E-state index >= 15 is 0 Å². The average molecular weight is 310 g/mol. The van der Waals surface area contributed by atoms with Crippen molar-refractivity contribution in [1.29, 1.82) is 0 Å². The molecule has 0 amide bonds. The molecule has 0 spiro atoms. The van der Waals surface area contributed by atoms with Crippen LogP contribution in [-0.4, -0.2) is 29.6 Å². The number of hydrogen-bond donors (Lipinski definition) is 1. The van der Waals surface area contributed by atoms with Crippen LogP contribution < -0.4 is 0 Å². The minimum atomic E-state index is -4.55. The standard InChI is InChI=1S/C12H21F3N2O2Si/c1-9-10(7-18)11(12(13,14)15)17(16-9)8-19-5-6-20(2,3)4/h18H,5-8H2,1-4H3. The monoisotopic (exact) mass is 310 g/mol. The van der Waals surface area contributed by atoms with Crippen LogP contribution in [0.3, 0.4) is 0 Å². The molecule has 0 aliphatic carbocycles. The summed E-state index contributed by atoms with van der Waals surface area (Å²) in [5, 5.41) is 12.9. The van der Waals surface area contributed by atoms with E-state index < -0.39 is 26.6 Å². The van der Waals surface area contributed by atoms with Gasteiger partial charge < -0.3 is 9.84 Å². The molecule has 8 heteroatoms. The van der Waals surface area contributed by atoms with Crippen LogP contribution in [0.25, 0.3) is 0 Å². The summed E-state index contributed by atoms with van der Waals surface area (Å²) in [6.45, 7) is 7.42. The van der Waals surface area contributed by atoms with Gasteiger partial charge in [-0.25, -0.2) is 4.68 Å². The molecular formula is C12H21F3N2O2Si. The molecule has 4 nitrogen and oxygen atoms in total. The smallest absolute Gasteiger partial charge is 0.392 e. The molecule has 1 heterocycles. The maximum Gasteiger partial charge on any atom is 0.433 e. The summed E-state index contributed by atoms with van der Waals surface area (Å²) in [6.07, 6.45) is -4.55. The molecule has 0 fully saturated rings. The SMILES string of the molecule is Cc1nn(COCC[Si](C)(C)C)c(C(F)(F)F)c1CO. The number of halogens is 3. The van der Waals surface area contributed by atoms with Crippen molar-refractivity contribution < 1.29 is 23.0 Å². The highest BCUT2D eigenvalue weighted by atomic mass is 28.3. The molecule has 20 heavy (non-hydrogen) atoms. The van der Waals surface area contributed by atoms with Gasteiger partial charge >= 0.3 is 6.18 Å². The highest BCUT2D eigenvalue weighted by Gasteiger charge is 2.39. The van der Waals surface area contributed by atoms with E-state index in [0.717, 1.165) is 10.7 Å². The van der Waals surface area contributed by atoms with Gasteiger partial charge in [0, 0.05) is 20.2 Å². The van der Waals surface area contributed by atoms with E-state index in [4.69, 9.17) is 9.84 Å². The quantitative estimate of drug-likeness (QED) is 0.649. The molecule has 1 N–H and O–H groups in total. The van der Waals surface area contributed by atoms with E-state index in [9.17, 15) is 13.2 Å². The Hall–Kier alpha value is -0.863. The zero-order chi connectivity index (χ0) is 15.6. The molecule has 1 aromatic rings. The molecule has 1 rings (SSSR count). The second kappa shape index (κ2) is 6.27. The number of aromatic nitrogens is 2. The fourth-order valence-corrected chi connectivity index (χ4v) is 2.50. The van der Waals surface area contributed by atoms with Crippen molar-refractivity contribution in [1.82, 2.24) is 9.78 Å². The fraction of sp³-hybridized carbons (Fsp3) is 0.750. The molecule has 0 aliphatic rings. The molecular weight excluding hydrogens is 289 g/mol. The summed E-state index contributed by atoms with van der Waals surface area (Å²) in [4.78, 5) is 0. The Morgan fingerprint density at radius 2 is 1.90 bits per heavy atom. The Bertz CT molecular complexity index is 453. The van der Waals surface area contributed by atoms with Gasteiger partial charge in [0.25, 0.3) is 0 Å². The van der Waals surface area contributed by atoms with Crippen molar-refractivity contribution in [2.45, 2.75) is 52.1 Å². The highest BCUT2D eigenvalue weighted by Crippen LogP contribution is 2.33. The molecule has 0 bridgehead atoms. The van der Waals surface area contributed by atoms with Crippen molar-refractivity contribution in [2.75, 3.05) is 6.61 Å². The van der Waals surface area contributed by atoms with Crippen molar-refractivity contribution in [3.8, 4) is 0 Å². The Kier molecular flexibility index (Phi) is 5.39. The summed E-state index contributed by atoms with van der Waals surface area (Å²) < 4.78 is 45.0. The predicted octanol–water partition coefficient (Wildman–Crippen LogP) is 3.01. The zero-order valence-electron chi connectivity index (χ0n) is 12.2. The first-order valence-electron chi connectivity index (χ1n) is 6.38. The first-order chi connectivity index (χ1) is 9.06. The number of rotatable bonds is 6. The van der Waals surface area contributed by atoms with Gasteiger partial charge in [-0.15, -0.1) is 0 Å². The van der Waals surface area contributed by atoms with Crippen LogP contribution in [0.4, 0.5) is 13.2 Å². The van der Waals surface area contributed by atoms with Crippen LogP contribution in [-0.2, 0) is 24.3 Å². The minimum absolute atomic E-state index is 0.175. The first-order valence-corrected chi connectivity index (χ1v) is 10.1. The third-order valence-corrected chi connectivity index (χ3v) is 4.59. The lowest BCUT2D eigenvalue weighted by molar-refractivity contribution is -0.148. The number of aryl methyl sites for hydroxylation is 1. The Morgan fingerprint density at radius 1 is 1.30 bits per heavy atom. The second-order valence-corrected chi connectivity index (χ2v) is 11.5. The van der Waals surface area contributed by atoms with Gasteiger partial charge in [-0.2, -0.15) is 18.3 Å². The normalized spacial score (nSPS) is 13.0. The Labute approximate surface area is 117 Å². The third-order valence-electron chi connectivity index (χ3n) is 2.89. The van der Waals surface area contributed by atoms with Crippen LogP contribution in [0.2, 0.25) is 25.7 Å². The van der Waals surface area contributed by atoms with Crippen molar-refractivity contribution in [3.05, 3.63) is 17.0 Å². The summed E-state index contributed by atoms with van der Waals surface area (Å²) in [5.41, 5.74) is -0.939. The van der Waals surface area contributed by atoms with Crippen molar-refractivity contribution in [3.63, 3.8) is 0 Å². The number of aliphatic hydroxyl groups is 1. The third kappa shape index (κ3) is 4.60. The van der Waals surface area contributed by atoms with Crippen molar-refractivity contribution in [2.24, 2.45) is 0 Å². The highest BCUT2D eigenvalue weighted by molar-refractivity contribution is 6.76. The molecule has 0 saturated carbocycles. The number of ether oxygens (including phenoxy) is 1. The van der Waals surface area contributed by atoms with Gasteiger partial charge in [-0.3, -0.25) is 0 Å². The van der Waals surface area contributed by atoms with E-state index in [1.807, 2.05) is 0 Å². The maximum atomic E-state index is 13.0. The van der Waals surface area contributed by atoms with E-state index in [-0.39, 0.29) is 18.0 Å². The average Bonchev–Trinajstić information content (AvgIpc) is 2.59. The van der Waals surface area contributed by atoms with Crippen molar-refractivity contribution >= 4 is 8.07 Å². The van der Waals surface area contributed by atoms with E-state index in [0.29, 0.717) is 6.61 Å². The van der Waals surface area contributed by atoms with Crippen LogP contribution in [0.1, 0.15) is 17.0 Å². The van der Waals surface area contributed by atoms with Crippen LogP contribution >= 0.6 is 0 Å². The lowest BCUT2D eigenvalue weighted by Crippen LogP contribution is -2.23. The number of nitrogens with zero attached hydrogens (tertiary/aromatic N) is 2. The number of alkyl halides is 3. The fourth-order valence-electron chi connectivity index (χ4n) is 1.75. The molecule has 0 radical (unpaired) electrons. The Morgan fingerprint density at radius 3 is 2.35 bits per heavy atom. The van der Waals surface area contributed by atoms with Crippen LogP contribution in [0.5, 0.6) is 0 Å². The molecule has 0 unspecified atom stereocenters.